The zero-order chi connectivity index (χ0) is 18.8. The van der Waals surface area contributed by atoms with Crippen molar-refractivity contribution in [3.05, 3.63) is 29.8 Å². The fourth-order valence-corrected chi connectivity index (χ4v) is 4.66. The second kappa shape index (κ2) is 11.1. The highest BCUT2D eigenvalue weighted by Crippen LogP contribution is 2.25. The first kappa shape index (κ1) is 21.4. The van der Waals surface area contributed by atoms with Crippen LogP contribution in [-0.4, -0.2) is 26.7 Å². The molecule has 26 heavy (non-hydrogen) atoms. The molecular formula is C21H34O4S. The molecule has 5 heteroatoms. The number of aliphatic hydroxyl groups excluding tert-OH is 1. The average molecular weight is 383 g/mol. The second-order valence-corrected chi connectivity index (χ2v) is 9.36. The lowest BCUT2D eigenvalue weighted by Gasteiger charge is -2.20. The Morgan fingerprint density at radius 2 is 1.38 bits per heavy atom. The van der Waals surface area contributed by atoms with Crippen LogP contribution in [0.2, 0.25) is 0 Å². The van der Waals surface area contributed by atoms with Gasteiger partial charge in [-0.2, -0.15) is 8.42 Å². The lowest BCUT2D eigenvalue weighted by Crippen LogP contribution is -2.17. The third-order valence-corrected chi connectivity index (χ3v) is 6.77. The molecule has 2 fully saturated rings. The molecule has 0 aromatic heterocycles. The summed E-state index contributed by atoms with van der Waals surface area (Å²) >= 11 is 0. The highest BCUT2D eigenvalue weighted by molar-refractivity contribution is 7.86. The Morgan fingerprint density at radius 3 is 1.85 bits per heavy atom. The molecule has 1 aromatic carbocycles. The van der Waals surface area contributed by atoms with Crippen molar-refractivity contribution < 1.29 is 17.7 Å². The summed E-state index contributed by atoms with van der Waals surface area (Å²) in [6.45, 7) is 2.68. The van der Waals surface area contributed by atoms with Crippen molar-refractivity contribution in [2.75, 3.05) is 13.2 Å². The van der Waals surface area contributed by atoms with E-state index < -0.39 is 10.1 Å². The van der Waals surface area contributed by atoms with E-state index in [1.165, 1.54) is 51.4 Å². The summed E-state index contributed by atoms with van der Waals surface area (Å²) < 4.78 is 29.1. The van der Waals surface area contributed by atoms with Gasteiger partial charge in [-0.25, -0.2) is 0 Å². The van der Waals surface area contributed by atoms with Gasteiger partial charge in [0.1, 0.15) is 0 Å². The SMILES string of the molecule is Cc1ccc(S(=O)(=O)OCC2CCCCC2)cc1.OCC1CCCCC1. The Bertz CT molecular complexity index is 597. The monoisotopic (exact) mass is 382 g/mol. The topological polar surface area (TPSA) is 63.6 Å². The quantitative estimate of drug-likeness (QED) is 0.740. The van der Waals surface area contributed by atoms with Crippen LogP contribution < -0.4 is 0 Å². The Hall–Kier alpha value is -0.910. The molecule has 4 nitrogen and oxygen atoms in total. The normalized spacial score (nSPS) is 19.6. The van der Waals surface area contributed by atoms with E-state index in [2.05, 4.69) is 0 Å². The van der Waals surface area contributed by atoms with Gasteiger partial charge in [-0.05, 0) is 56.6 Å². The molecule has 2 aliphatic rings. The number of hydrogen-bond donors (Lipinski definition) is 1. The number of aryl methyl sites for hydroxylation is 1. The van der Waals surface area contributed by atoms with Crippen LogP contribution >= 0.6 is 0 Å². The minimum Gasteiger partial charge on any atom is -0.396 e. The Morgan fingerprint density at radius 1 is 0.885 bits per heavy atom. The standard InChI is InChI=1S/C14H20O3S.C7H14O/c1-12-7-9-14(10-8-12)18(15,16)17-11-13-5-3-2-4-6-13;8-6-7-4-2-1-3-5-7/h7-10,13H,2-6,11H2,1H3;7-8H,1-6H2. The maximum Gasteiger partial charge on any atom is 0.296 e. The van der Waals surface area contributed by atoms with Crippen LogP contribution in [0.3, 0.4) is 0 Å². The lowest BCUT2D eigenvalue weighted by molar-refractivity contribution is 0.190. The summed E-state index contributed by atoms with van der Waals surface area (Å²) in [7, 11) is -3.58. The second-order valence-electron chi connectivity index (χ2n) is 7.74. The number of hydrogen-bond acceptors (Lipinski definition) is 4. The molecule has 0 unspecified atom stereocenters. The molecule has 148 valence electrons. The molecule has 1 N–H and O–H groups in total. The molecule has 0 radical (unpaired) electrons. The van der Waals surface area contributed by atoms with Gasteiger partial charge >= 0.3 is 0 Å². The van der Waals surface area contributed by atoms with Crippen LogP contribution in [0.4, 0.5) is 0 Å². The molecule has 0 heterocycles. The van der Waals surface area contributed by atoms with Crippen molar-refractivity contribution in [1.82, 2.24) is 0 Å². The summed E-state index contributed by atoms with van der Waals surface area (Å²) in [4.78, 5) is 0.254. The minimum absolute atomic E-state index is 0.254. The van der Waals surface area contributed by atoms with E-state index in [-0.39, 0.29) is 4.90 Å². The Labute approximate surface area is 159 Å². The van der Waals surface area contributed by atoms with Gasteiger partial charge < -0.3 is 5.11 Å². The average Bonchev–Trinajstić information content (AvgIpc) is 2.69. The van der Waals surface area contributed by atoms with E-state index >= 15 is 0 Å². The van der Waals surface area contributed by atoms with Crippen molar-refractivity contribution in [1.29, 1.82) is 0 Å². The van der Waals surface area contributed by atoms with Crippen LogP contribution in [0.15, 0.2) is 29.2 Å². The molecule has 0 saturated heterocycles. The highest BCUT2D eigenvalue weighted by Gasteiger charge is 2.20. The molecule has 2 saturated carbocycles. The molecular weight excluding hydrogens is 348 g/mol. The first-order valence-electron chi connectivity index (χ1n) is 10.1. The van der Waals surface area contributed by atoms with Crippen molar-refractivity contribution in [2.24, 2.45) is 11.8 Å². The van der Waals surface area contributed by atoms with Crippen LogP contribution in [0.1, 0.15) is 69.8 Å². The predicted octanol–water partition coefficient (Wildman–Crippen LogP) is 4.84. The van der Waals surface area contributed by atoms with Gasteiger partial charge in [0.25, 0.3) is 10.1 Å². The molecule has 1 aromatic rings. The van der Waals surface area contributed by atoms with Gasteiger partial charge in [0.2, 0.25) is 0 Å². The molecule has 0 atom stereocenters. The largest absolute Gasteiger partial charge is 0.396 e. The first-order valence-corrected chi connectivity index (χ1v) is 11.5. The minimum atomic E-state index is -3.58. The third-order valence-electron chi connectivity index (χ3n) is 5.48. The Kier molecular flexibility index (Phi) is 9.09. The van der Waals surface area contributed by atoms with Crippen LogP contribution in [0, 0.1) is 18.8 Å². The van der Waals surface area contributed by atoms with Crippen molar-refractivity contribution in [2.45, 2.75) is 76.0 Å². The summed E-state index contributed by atoms with van der Waals surface area (Å²) in [5.74, 6) is 1.04. The molecule has 0 bridgehead atoms. The zero-order valence-electron chi connectivity index (χ0n) is 16.0. The molecule has 3 rings (SSSR count). The maximum absolute atomic E-state index is 12.0. The smallest absolute Gasteiger partial charge is 0.296 e. The van der Waals surface area contributed by atoms with Crippen LogP contribution in [-0.2, 0) is 14.3 Å². The first-order chi connectivity index (χ1) is 12.5. The molecule has 0 spiro atoms. The van der Waals surface area contributed by atoms with Gasteiger partial charge in [0, 0.05) is 6.61 Å². The van der Waals surface area contributed by atoms with Gasteiger partial charge in [0.05, 0.1) is 11.5 Å². The van der Waals surface area contributed by atoms with Gasteiger partial charge in [-0.15, -0.1) is 0 Å². The van der Waals surface area contributed by atoms with Crippen LogP contribution in [0.25, 0.3) is 0 Å². The number of rotatable bonds is 5. The molecule has 0 amide bonds. The fraction of sp³-hybridized carbons (Fsp3) is 0.714. The predicted molar refractivity (Wildman–Crippen MR) is 105 cm³/mol. The molecule has 2 aliphatic carbocycles. The van der Waals surface area contributed by atoms with Crippen molar-refractivity contribution in [3.63, 3.8) is 0 Å². The molecule has 0 aliphatic heterocycles. The zero-order valence-corrected chi connectivity index (χ0v) is 16.8. The summed E-state index contributed by atoms with van der Waals surface area (Å²) in [6, 6.07) is 6.78. The van der Waals surface area contributed by atoms with E-state index in [0.717, 1.165) is 18.4 Å². The number of aliphatic hydroxyl groups is 1. The highest BCUT2D eigenvalue weighted by atomic mass is 32.2. The van der Waals surface area contributed by atoms with E-state index in [9.17, 15) is 8.42 Å². The Balaban J connectivity index is 0.000000254. The van der Waals surface area contributed by atoms with Gasteiger partial charge in [0.15, 0.2) is 0 Å². The van der Waals surface area contributed by atoms with Gasteiger partial charge in [-0.3, -0.25) is 4.18 Å². The number of benzene rings is 1. The van der Waals surface area contributed by atoms with E-state index in [0.29, 0.717) is 25.0 Å². The van der Waals surface area contributed by atoms with Gasteiger partial charge in [-0.1, -0.05) is 56.2 Å². The van der Waals surface area contributed by atoms with Crippen molar-refractivity contribution in [3.8, 4) is 0 Å². The summed E-state index contributed by atoms with van der Waals surface area (Å²) in [6.07, 6.45) is 12.4. The fourth-order valence-electron chi connectivity index (χ4n) is 3.68. The summed E-state index contributed by atoms with van der Waals surface area (Å²) in [5, 5.41) is 8.69. The lowest BCUT2D eigenvalue weighted by atomic mass is 9.90. The van der Waals surface area contributed by atoms with Crippen molar-refractivity contribution >= 4 is 10.1 Å². The van der Waals surface area contributed by atoms with E-state index in [1.807, 2.05) is 6.92 Å². The summed E-state index contributed by atoms with van der Waals surface area (Å²) in [5.41, 5.74) is 1.04. The van der Waals surface area contributed by atoms with E-state index in [4.69, 9.17) is 9.29 Å². The van der Waals surface area contributed by atoms with Crippen LogP contribution in [0.5, 0.6) is 0 Å². The van der Waals surface area contributed by atoms with E-state index in [1.54, 1.807) is 24.3 Å². The maximum atomic E-state index is 12.0. The third kappa shape index (κ3) is 7.37.